The van der Waals surface area contributed by atoms with Crippen LogP contribution in [-0.4, -0.2) is 36.2 Å². The van der Waals surface area contributed by atoms with Gasteiger partial charge in [0.2, 0.25) is 0 Å². The summed E-state index contributed by atoms with van der Waals surface area (Å²) >= 11 is 0. The van der Waals surface area contributed by atoms with Crippen LogP contribution in [0, 0.1) is 5.92 Å². The molecule has 94 valence electrons. The Morgan fingerprint density at radius 3 is 2.19 bits per heavy atom. The van der Waals surface area contributed by atoms with Gasteiger partial charge in [-0.1, -0.05) is 0 Å². The summed E-state index contributed by atoms with van der Waals surface area (Å²) in [5, 5.41) is 0. The average molecular weight is 249 g/mol. The summed E-state index contributed by atoms with van der Waals surface area (Å²) in [6.07, 6.45) is -10.6. The van der Waals surface area contributed by atoms with Gasteiger partial charge in [-0.2, -0.15) is 26.3 Å². The summed E-state index contributed by atoms with van der Waals surface area (Å²) in [7, 11) is 0. The highest BCUT2D eigenvalue weighted by atomic mass is 19.4. The summed E-state index contributed by atoms with van der Waals surface area (Å²) < 4.78 is 71.7. The van der Waals surface area contributed by atoms with E-state index in [9.17, 15) is 31.1 Å². The minimum Gasteiger partial charge on any atom is -0.335 e. The smallest absolute Gasteiger partial charge is 0.335 e. The molecule has 1 saturated heterocycles. The van der Waals surface area contributed by atoms with E-state index < -0.39 is 37.1 Å². The molecule has 0 saturated carbocycles. The molecule has 2 nitrogen and oxygen atoms in total. The fourth-order valence-electron chi connectivity index (χ4n) is 1.69. The number of halogens is 6. The summed E-state index contributed by atoms with van der Waals surface area (Å²) in [5.74, 6) is -2.98. The SMILES string of the molecule is O=C(N1CCC(CC(F)(F)F)C1)C(F)(F)F. The van der Waals surface area contributed by atoms with Crippen LogP contribution in [-0.2, 0) is 4.79 Å². The van der Waals surface area contributed by atoms with Crippen LogP contribution in [0.4, 0.5) is 26.3 Å². The molecule has 0 aliphatic carbocycles. The van der Waals surface area contributed by atoms with Crippen molar-refractivity contribution >= 4 is 5.91 Å². The van der Waals surface area contributed by atoms with Gasteiger partial charge in [0.25, 0.3) is 0 Å². The van der Waals surface area contributed by atoms with Crippen molar-refractivity contribution in [3.05, 3.63) is 0 Å². The van der Waals surface area contributed by atoms with Crippen LogP contribution in [0.15, 0.2) is 0 Å². The van der Waals surface area contributed by atoms with Crippen molar-refractivity contribution in [2.75, 3.05) is 13.1 Å². The standard InChI is InChI=1S/C8H9F6NO/c9-7(10,11)3-5-1-2-15(4-5)6(16)8(12,13)14/h5H,1-4H2. The predicted molar refractivity (Wildman–Crippen MR) is 41.4 cm³/mol. The number of hydrogen-bond acceptors (Lipinski definition) is 1. The first-order valence-electron chi connectivity index (χ1n) is 4.52. The van der Waals surface area contributed by atoms with Crippen LogP contribution in [0.2, 0.25) is 0 Å². The second kappa shape index (κ2) is 4.14. The molecule has 0 spiro atoms. The Bertz CT molecular complexity index is 271. The zero-order valence-corrected chi connectivity index (χ0v) is 8.03. The van der Waals surface area contributed by atoms with E-state index >= 15 is 0 Å². The molecule has 0 radical (unpaired) electrons. The molecule has 0 N–H and O–H groups in total. The van der Waals surface area contributed by atoms with Crippen molar-refractivity contribution < 1.29 is 31.1 Å². The molecule has 1 atom stereocenters. The lowest BCUT2D eigenvalue weighted by Gasteiger charge is -2.18. The van der Waals surface area contributed by atoms with Gasteiger partial charge in [0.15, 0.2) is 0 Å². The zero-order valence-electron chi connectivity index (χ0n) is 8.03. The highest BCUT2D eigenvalue weighted by molar-refractivity contribution is 5.82. The summed E-state index contributed by atoms with van der Waals surface area (Å²) in [5.41, 5.74) is 0. The quantitative estimate of drug-likeness (QED) is 0.653. The molecule has 1 amide bonds. The largest absolute Gasteiger partial charge is 0.471 e. The van der Waals surface area contributed by atoms with Gasteiger partial charge >= 0.3 is 18.3 Å². The zero-order chi connectivity index (χ0) is 12.6. The molecular weight excluding hydrogens is 240 g/mol. The Kier molecular flexibility index (Phi) is 3.39. The topological polar surface area (TPSA) is 20.3 Å². The van der Waals surface area contributed by atoms with Crippen LogP contribution >= 0.6 is 0 Å². The van der Waals surface area contributed by atoms with Gasteiger partial charge in [-0.15, -0.1) is 0 Å². The first kappa shape index (κ1) is 13.1. The van der Waals surface area contributed by atoms with E-state index in [0.717, 1.165) is 0 Å². The molecule has 16 heavy (non-hydrogen) atoms. The first-order valence-corrected chi connectivity index (χ1v) is 4.52. The van der Waals surface area contributed by atoms with Crippen molar-refractivity contribution in [2.24, 2.45) is 5.92 Å². The van der Waals surface area contributed by atoms with Crippen molar-refractivity contribution in [3.63, 3.8) is 0 Å². The van der Waals surface area contributed by atoms with Crippen LogP contribution in [0.3, 0.4) is 0 Å². The van der Waals surface area contributed by atoms with E-state index in [0.29, 0.717) is 4.90 Å². The molecule has 0 aromatic carbocycles. The molecule has 1 rings (SSSR count). The second-order valence-electron chi connectivity index (χ2n) is 3.72. The third-order valence-electron chi connectivity index (χ3n) is 2.34. The monoisotopic (exact) mass is 249 g/mol. The van der Waals surface area contributed by atoms with E-state index in [1.165, 1.54) is 0 Å². The lowest BCUT2D eigenvalue weighted by molar-refractivity contribution is -0.184. The van der Waals surface area contributed by atoms with Gasteiger partial charge in [-0.25, -0.2) is 0 Å². The van der Waals surface area contributed by atoms with Gasteiger partial charge in [0.05, 0.1) is 0 Å². The van der Waals surface area contributed by atoms with E-state index in [2.05, 4.69) is 0 Å². The summed E-state index contributed by atoms with van der Waals surface area (Å²) in [4.78, 5) is 11.1. The molecule has 0 aromatic rings. The normalized spacial score (nSPS) is 22.6. The Morgan fingerprint density at radius 2 is 1.75 bits per heavy atom. The Balaban J connectivity index is 2.50. The minimum atomic E-state index is -5.01. The van der Waals surface area contributed by atoms with Crippen LogP contribution in [0.5, 0.6) is 0 Å². The maximum atomic E-state index is 12.0. The third-order valence-corrected chi connectivity index (χ3v) is 2.34. The number of rotatable bonds is 1. The number of alkyl halides is 6. The van der Waals surface area contributed by atoms with Crippen molar-refractivity contribution in [1.29, 1.82) is 0 Å². The average Bonchev–Trinajstić information content (AvgIpc) is 2.46. The number of hydrogen-bond donors (Lipinski definition) is 0. The van der Waals surface area contributed by atoms with Gasteiger partial charge < -0.3 is 4.90 Å². The highest BCUT2D eigenvalue weighted by Gasteiger charge is 2.45. The van der Waals surface area contributed by atoms with Crippen LogP contribution < -0.4 is 0 Å². The molecule has 1 aliphatic heterocycles. The van der Waals surface area contributed by atoms with Gasteiger partial charge in [-0.3, -0.25) is 4.79 Å². The Labute approximate surface area is 87.2 Å². The fraction of sp³-hybridized carbons (Fsp3) is 0.875. The number of amides is 1. The minimum absolute atomic E-state index is 0.0403. The van der Waals surface area contributed by atoms with Crippen LogP contribution in [0.25, 0.3) is 0 Å². The number of carbonyl (C=O) groups excluding carboxylic acids is 1. The molecule has 0 bridgehead atoms. The lowest BCUT2D eigenvalue weighted by Crippen LogP contribution is -2.39. The van der Waals surface area contributed by atoms with E-state index in [4.69, 9.17) is 0 Å². The third kappa shape index (κ3) is 3.57. The second-order valence-corrected chi connectivity index (χ2v) is 3.72. The van der Waals surface area contributed by atoms with Crippen molar-refractivity contribution in [2.45, 2.75) is 25.2 Å². The van der Waals surface area contributed by atoms with Crippen molar-refractivity contribution in [3.8, 4) is 0 Å². The maximum absolute atomic E-state index is 12.0. The Hall–Kier alpha value is -0.950. The predicted octanol–water partition coefficient (Wildman–Crippen LogP) is 2.35. The van der Waals surface area contributed by atoms with E-state index in [1.54, 1.807) is 0 Å². The fourth-order valence-corrected chi connectivity index (χ4v) is 1.69. The lowest BCUT2D eigenvalue weighted by atomic mass is 10.1. The van der Waals surface area contributed by atoms with Crippen molar-refractivity contribution in [1.82, 2.24) is 4.90 Å². The molecule has 8 heteroatoms. The molecule has 1 unspecified atom stereocenters. The molecule has 0 aromatic heterocycles. The molecule has 1 aliphatic rings. The van der Waals surface area contributed by atoms with Gasteiger partial charge in [0, 0.05) is 19.5 Å². The van der Waals surface area contributed by atoms with E-state index in [1.807, 2.05) is 0 Å². The number of nitrogens with zero attached hydrogens (tertiary/aromatic N) is 1. The maximum Gasteiger partial charge on any atom is 0.471 e. The Morgan fingerprint density at radius 1 is 1.19 bits per heavy atom. The van der Waals surface area contributed by atoms with E-state index in [-0.39, 0.29) is 13.0 Å². The summed E-state index contributed by atoms with van der Waals surface area (Å²) in [6, 6.07) is 0. The molecular formula is C8H9F6NO. The van der Waals surface area contributed by atoms with Gasteiger partial charge in [0.1, 0.15) is 0 Å². The molecule has 1 heterocycles. The number of carbonyl (C=O) groups is 1. The van der Waals surface area contributed by atoms with Crippen LogP contribution in [0.1, 0.15) is 12.8 Å². The molecule has 1 fully saturated rings. The summed E-state index contributed by atoms with van der Waals surface area (Å²) in [6.45, 7) is -0.739. The van der Waals surface area contributed by atoms with Gasteiger partial charge in [-0.05, 0) is 12.3 Å². The first-order chi connectivity index (χ1) is 7.09. The number of likely N-dealkylation sites (tertiary alicyclic amines) is 1. The highest BCUT2D eigenvalue weighted by Crippen LogP contribution is 2.32.